The first-order valence-corrected chi connectivity index (χ1v) is 8.56. The molecule has 110 valence electrons. The van der Waals surface area contributed by atoms with Crippen LogP contribution in [-0.4, -0.2) is 22.5 Å². The fraction of sp³-hybridized carbons (Fsp3) is 0.533. The van der Waals surface area contributed by atoms with Crippen LogP contribution >= 0.6 is 22.7 Å². The van der Waals surface area contributed by atoms with Gasteiger partial charge in [-0.1, -0.05) is 0 Å². The Morgan fingerprint density at radius 1 is 1.20 bits per heavy atom. The maximum Gasteiger partial charge on any atom is 0.0795 e. The molecule has 0 aliphatic heterocycles. The van der Waals surface area contributed by atoms with Crippen molar-refractivity contribution in [3.8, 4) is 0 Å². The number of aromatic nitrogens is 1. The largest absolute Gasteiger partial charge is 0.307 e. The van der Waals surface area contributed by atoms with Gasteiger partial charge in [0.15, 0.2) is 0 Å². The van der Waals surface area contributed by atoms with Crippen LogP contribution in [0.5, 0.6) is 0 Å². The van der Waals surface area contributed by atoms with Crippen LogP contribution in [0, 0.1) is 0 Å². The van der Waals surface area contributed by atoms with Gasteiger partial charge in [0, 0.05) is 40.3 Å². The molecule has 0 aliphatic carbocycles. The minimum atomic E-state index is 0.172. The fourth-order valence-electron chi connectivity index (χ4n) is 1.87. The summed E-state index contributed by atoms with van der Waals surface area (Å²) in [6, 6.07) is 4.47. The van der Waals surface area contributed by atoms with Crippen molar-refractivity contribution in [2.24, 2.45) is 0 Å². The number of rotatable bonds is 6. The smallest absolute Gasteiger partial charge is 0.0795 e. The molecule has 1 N–H and O–H groups in total. The first-order valence-electron chi connectivity index (χ1n) is 6.80. The Morgan fingerprint density at radius 2 is 1.95 bits per heavy atom. The molecule has 0 bridgehead atoms. The van der Waals surface area contributed by atoms with Gasteiger partial charge in [-0.2, -0.15) is 0 Å². The van der Waals surface area contributed by atoms with Gasteiger partial charge in [0.2, 0.25) is 0 Å². The lowest BCUT2D eigenvalue weighted by Gasteiger charge is -2.19. The second kappa shape index (κ2) is 6.80. The summed E-state index contributed by atoms with van der Waals surface area (Å²) < 4.78 is 0. The van der Waals surface area contributed by atoms with Crippen LogP contribution in [0.4, 0.5) is 0 Å². The summed E-state index contributed by atoms with van der Waals surface area (Å²) in [5.41, 5.74) is 3.22. The zero-order valence-corrected chi connectivity index (χ0v) is 14.3. The van der Waals surface area contributed by atoms with Crippen molar-refractivity contribution in [3.05, 3.63) is 38.5 Å². The van der Waals surface area contributed by atoms with Gasteiger partial charge >= 0.3 is 0 Å². The van der Waals surface area contributed by atoms with Crippen LogP contribution in [0.3, 0.4) is 0 Å². The van der Waals surface area contributed by atoms with E-state index in [2.05, 4.69) is 60.5 Å². The Bertz CT molecular complexity index is 511. The van der Waals surface area contributed by atoms with E-state index in [9.17, 15) is 0 Å². The Hall–Kier alpha value is -0.750. The maximum absolute atomic E-state index is 4.33. The number of nitrogens with zero attached hydrogens (tertiary/aromatic N) is 2. The van der Waals surface area contributed by atoms with E-state index in [0.717, 1.165) is 25.3 Å². The van der Waals surface area contributed by atoms with Gasteiger partial charge in [0.1, 0.15) is 0 Å². The normalized spacial score (nSPS) is 12.2. The molecule has 2 aromatic heterocycles. The average Bonchev–Trinajstić information content (AvgIpc) is 2.97. The molecule has 0 spiro atoms. The Kier molecular flexibility index (Phi) is 5.32. The lowest BCUT2D eigenvalue weighted by Crippen LogP contribution is -2.34. The molecule has 0 aromatic carbocycles. The van der Waals surface area contributed by atoms with E-state index >= 15 is 0 Å². The Balaban J connectivity index is 1.83. The lowest BCUT2D eigenvalue weighted by molar-refractivity contribution is 0.318. The van der Waals surface area contributed by atoms with Crippen molar-refractivity contribution in [1.29, 1.82) is 0 Å². The second-order valence-corrected chi connectivity index (χ2v) is 8.10. The molecule has 2 heterocycles. The predicted molar refractivity (Wildman–Crippen MR) is 88.2 cm³/mol. The highest BCUT2D eigenvalue weighted by Gasteiger charge is 2.10. The first-order chi connectivity index (χ1) is 9.42. The summed E-state index contributed by atoms with van der Waals surface area (Å²) in [7, 11) is 2.14. The minimum Gasteiger partial charge on any atom is -0.307 e. The molecule has 0 radical (unpaired) electrons. The molecule has 0 saturated heterocycles. The van der Waals surface area contributed by atoms with Crippen molar-refractivity contribution >= 4 is 22.7 Å². The standard InChI is InChI=1S/C15H23N3S2/c1-15(2,3)17-7-13-5-6-14(20-13)9-18(4)8-12-10-19-11-16-12/h5-6,10-11,17H,7-9H2,1-4H3. The topological polar surface area (TPSA) is 28.2 Å². The van der Waals surface area contributed by atoms with Gasteiger partial charge < -0.3 is 5.32 Å². The molecule has 0 fully saturated rings. The van der Waals surface area contributed by atoms with Crippen LogP contribution in [0.25, 0.3) is 0 Å². The maximum atomic E-state index is 4.33. The summed E-state index contributed by atoms with van der Waals surface area (Å²) in [6.45, 7) is 9.44. The molecular weight excluding hydrogens is 286 g/mol. The quantitative estimate of drug-likeness (QED) is 0.881. The highest BCUT2D eigenvalue weighted by molar-refractivity contribution is 7.11. The molecule has 0 atom stereocenters. The van der Waals surface area contributed by atoms with E-state index < -0.39 is 0 Å². The van der Waals surface area contributed by atoms with Crippen molar-refractivity contribution in [2.75, 3.05) is 7.05 Å². The Morgan fingerprint density at radius 3 is 2.60 bits per heavy atom. The molecule has 0 saturated carbocycles. The molecule has 0 amide bonds. The summed E-state index contributed by atoms with van der Waals surface area (Å²) in [5, 5.41) is 5.64. The summed E-state index contributed by atoms with van der Waals surface area (Å²) in [6.07, 6.45) is 0. The minimum absolute atomic E-state index is 0.172. The number of thiophene rings is 1. The molecule has 0 unspecified atom stereocenters. The van der Waals surface area contributed by atoms with Gasteiger partial charge in [-0.3, -0.25) is 4.90 Å². The molecule has 0 aliphatic rings. The SMILES string of the molecule is CN(Cc1cscn1)Cc1ccc(CNC(C)(C)C)s1. The van der Waals surface area contributed by atoms with Crippen LogP contribution in [0.15, 0.2) is 23.0 Å². The summed E-state index contributed by atoms with van der Waals surface area (Å²) >= 11 is 3.55. The highest BCUT2D eigenvalue weighted by atomic mass is 32.1. The van der Waals surface area contributed by atoms with Crippen molar-refractivity contribution < 1.29 is 0 Å². The van der Waals surface area contributed by atoms with Gasteiger partial charge in [0.25, 0.3) is 0 Å². The van der Waals surface area contributed by atoms with Crippen LogP contribution in [0.1, 0.15) is 36.2 Å². The number of nitrogens with one attached hydrogen (secondary N) is 1. The highest BCUT2D eigenvalue weighted by Crippen LogP contribution is 2.19. The summed E-state index contributed by atoms with van der Waals surface area (Å²) in [5.74, 6) is 0. The second-order valence-electron chi connectivity index (χ2n) is 6.12. The molecule has 20 heavy (non-hydrogen) atoms. The number of thiazole rings is 1. The molecule has 2 rings (SSSR count). The predicted octanol–water partition coefficient (Wildman–Crippen LogP) is 3.72. The van der Waals surface area contributed by atoms with E-state index in [0.29, 0.717) is 0 Å². The van der Waals surface area contributed by atoms with E-state index in [4.69, 9.17) is 0 Å². The van der Waals surface area contributed by atoms with E-state index in [1.54, 1.807) is 11.3 Å². The van der Waals surface area contributed by atoms with E-state index in [1.165, 1.54) is 9.75 Å². The first kappa shape index (κ1) is 15.6. The van der Waals surface area contributed by atoms with Crippen LogP contribution in [-0.2, 0) is 19.6 Å². The van der Waals surface area contributed by atoms with E-state index in [-0.39, 0.29) is 5.54 Å². The van der Waals surface area contributed by atoms with Crippen molar-refractivity contribution in [1.82, 2.24) is 15.2 Å². The zero-order valence-electron chi connectivity index (χ0n) is 12.6. The zero-order chi connectivity index (χ0) is 14.6. The molecule has 2 aromatic rings. The lowest BCUT2D eigenvalue weighted by atomic mass is 10.1. The van der Waals surface area contributed by atoms with Crippen molar-refractivity contribution in [3.63, 3.8) is 0 Å². The van der Waals surface area contributed by atoms with Gasteiger partial charge in [0.05, 0.1) is 11.2 Å². The Labute approximate surface area is 129 Å². The monoisotopic (exact) mass is 309 g/mol. The van der Waals surface area contributed by atoms with Crippen molar-refractivity contribution in [2.45, 2.75) is 45.9 Å². The third kappa shape index (κ3) is 5.32. The molecular formula is C15H23N3S2. The van der Waals surface area contributed by atoms with Gasteiger partial charge in [-0.05, 0) is 40.0 Å². The van der Waals surface area contributed by atoms with Gasteiger partial charge in [-0.25, -0.2) is 4.98 Å². The molecule has 5 heteroatoms. The molecule has 3 nitrogen and oxygen atoms in total. The summed E-state index contributed by atoms with van der Waals surface area (Å²) in [4.78, 5) is 9.45. The van der Waals surface area contributed by atoms with Crippen LogP contribution in [0.2, 0.25) is 0 Å². The van der Waals surface area contributed by atoms with Crippen LogP contribution < -0.4 is 5.32 Å². The van der Waals surface area contributed by atoms with Gasteiger partial charge in [-0.15, -0.1) is 22.7 Å². The average molecular weight is 310 g/mol. The third-order valence-corrected chi connectivity index (χ3v) is 4.56. The fourth-order valence-corrected chi connectivity index (χ4v) is 3.46. The van der Waals surface area contributed by atoms with E-state index in [1.807, 2.05) is 16.8 Å². The number of hydrogen-bond donors (Lipinski definition) is 1. The number of hydrogen-bond acceptors (Lipinski definition) is 5. The third-order valence-electron chi connectivity index (χ3n) is 2.85.